The molecule has 0 radical (unpaired) electrons. The van der Waals surface area contributed by atoms with Gasteiger partial charge in [0, 0.05) is 45.8 Å². The summed E-state index contributed by atoms with van der Waals surface area (Å²) < 4.78 is 14.7. The van der Waals surface area contributed by atoms with Gasteiger partial charge in [0.15, 0.2) is 5.82 Å². The minimum absolute atomic E-state index is 0.0882. The van der Waals surface area contributed by atoms with Crippen molar-refractivity contribution < 1.29 is 9.18 Å². The molecule has 140 valence electrons. The van der Waals surface area contributed by atoms with Gasteiger partial charge in [-0.25, -0.2) is 14.4 Å². The zero-order chi connectivity index (χ0) is 18.4. The molecule has 0 spiro atoms. The normalized spacial score (nSPS) is 15.2. The molecule has 1 aliphatic rings. The number of carbonyl (C=O) groups excluding carboxylic acids is 1. The maximum absolute atomic E-state index is 12.9. The van der Waals surface area contributed by atoms with E-state index in [1.807, 2.05) is 10.9 Å². The molecule has 3 heterocycles. The first-order valence-electron chi connectivity index (χ1n) is 8.85. The number of anilines is 2. The van der Waals surface area contributed by atoms with E-state index in [2.05, 4.69) is 30.2 Å². The Kier molecular flexibility index (Phi) is 6.11. The smallest absolute Gasteiger partial charge is 0.225 e. The lowest BCUT2D eigenvalue weighted by Gasteiger charge is -2.34. The van der Waals surface area contributed by atoms with Gasteiger partial charge in [-0.05, 0) is 19.4 Å². The molecule has 0 aromatic carbocycles. The predicted octanol–water partition coefficient (Wildman–Crippen LogP) is 1.37. The maximum atomic E-state index is 12.9. The number of rotatable bonds is 7. The SMILES string of the molecule is CC(=O)Nc1cnn(CCCCN2CCN(c3ncc(F)cn3)CC2)c1. The lowest BCUT2D eigenvalue weighted by atomic mass is 10.2. The van der Waals surface area contributed by atoms with Crippen LogP contribution in [0, 0.1) is 5.82 Å². The number of nitrogens with zero attached hydrogens (tertiary/aromatic N) is 6. The summed E-state index contributed by atoms with van der Waals surface area (Å²) in [7, 11) is 0. The number of nitrogens with one attached hydrogen (secondary N) is 1. The fourth-order valence-electron chi connectivity index (χ4n) is 3.00. The van der Waals surface area contributed by atoms with Crippen molar-refractivity contribution >= 4 is 17.5 Å². The minimum atomic E-state index is -0.409. The van der Waals surface area contributed by atoms with Crippen LogP contribution in [0.15, 0.2) is 24.8 Å². The molecule has 3 rings (SSSR count). The average molecular weight is 361 g/mol. The standard InChI is InChI=1S/C17H24FN7O/c1-14(26)22-16-12-21-25(13-16)5-3-2-4-23-6-8-24(9-7-23)17-19-10-15(18)11-20-17/h10-13H,2-9H2,1H3,(H,22,26). The van der Waals surface area contributed by atoms with E-state index in [4.69, 9.17) is 0 Å². The van der Waals surface area contributed by atoms with Crippen LogP contribution in [-0.4, -0.2) is 63.3 Å². The average Bonchev–Trinajstić information content (AvgIpc) is 3.06. The Labute approximate surface area is 152 Å². The van der Waals surface area contributed by atoms with Gasteiger partial charge < -0.3 is 10.2 Å². The molecular formula is C17H24FN7O. The van der Waals surface area contributed by atoms with E-state index in [0.717, 1.165) is 57.8 Å². The Hall–Kier alpha value is -2.55. The largest absolute Gasteiger partial charge is 0.338 e. The van der Waals surface area contributed by atoms with Gasteiger partial charge in [-0.15, -0.1) is 0 Å². The molecule has 2 aromatic heterocycles. The number of carbonyl (C=O) groups is 1. The number of halogens is 1. The first-order chi connectivity index (χ1) is 12.6. The van der Waals surface area contributed by atoms with E-state index in [1.54, 1.807) is 6.20 Å². The van der Waals surface area contributed by atoms with E-state index in [0.29, 0.717) is 5.95 Å². The van der Waals surface area contributed by atoms with Gasteiger partial charge in [0.1, 0.15) is 0 Å². The van der Waals surface area contributed by atoms with Crippen LogP contribution < -0.4 is 10.2 Å². The summed E-state index contributed by atoms with van der Waals surface area (Å²) in [5.41, 5.74) is 0.733. The van der Waals surface area contributed by atoms with Crippen LogP contribution in [0.1, 0.15) is 19.8 Å². The van der Waals surface area contributed by atoms with Crippen molar-refractivity contribution in [3.63, 3.8) is 0 Å². The van der Waals surface area contributed by atoms with Crippen molar-refractivity contribution in [1.82, 2.24) is 24.6 Å². The van der Waals surface area contributed by atoms with Gasteiger partial charge in [0.2, 0.25) is 11.9 Å². The summed E-state index contributed by atoms with van der Waals surface area (Å²) >= 11 is 0. The second-order valence-corrected chi connectivity index (χ2v) is 6.41. The Morgan fingerprint density at radius 1 is 1.12 bits per heavy atom. The highest BCUT2D eigenvalue weighted by Gasteiger charge is 2.18. The van der Waals surface area contributed by atoms with Crippen molar-refractivity contribution in [1.29, 1.82) is 0 Å². The molecule has 1 aliphatic heterocycles. The molecule has 0 bridgehead atoms. The summed E-state index contributed by atoms with van der Waals surface area (Å²) in [6, 6.07) is 0. The minimum Gasteiger partial charge on any atom is -0.338 e. The third-order valence-electron chi connectivity index (χ3n) is 4.33. The number of aromatic nitrogens is 4. The number of aryl methyl sites for hydroxylation is 1. The Morgan fingerprint density at radius 2 is 1.81 bits per heavy atom. The van der Waals surface area contributed by atoms with E-state index in [-0.39, 0.29) is 5.91 Å². The Balaban J connectivity index is 1.33. The molecular weight excluding hydrogens is 337 g/mol. The summed E-state index contributed by atoms with van der Waals surface area (Å²) in [4.78, 5) is 23.6. The maximum Gasteiger partial charge on any atom is 0.225 e. The van der Waals surface area contributed by atoms with Gasteiger partial charge in [0.05, 0.1) is 24.3 Å². The van der Waals surface area contributed by atoms with Gasteiger partial charge in [-0.2, -0.15) is 5.10 Å². The molecule has 2 aromatic rings. The molecule has 1 fully saturated rings. The highest BCUT2D eigenvalue weighted by Crippen LogP contribution is 2.11. The Morgan fingerprint density at radius 3 is 2.50 bits per heavy atom. The highest BCUT2D eigenvalue weighted by molar-refractivity contribution is 5.88. The molecule has 0 atom stereocenters. The van der Waals surface area contributed by atoms with Crippen LogP contribution >= 0.6 is 0 Å². The molecule has 9 heteroatoms. The first kappa shape index (κ1) is 18.2. The predicted molar refractivity (Wildman–Crippen MR) is 96.4 cm³/mol. The van der Waals surface area contributed by atoms with E-state index in [9.17, 15) is 9.18 Å². The molecule has 0 aliphatic carbocycles. The zero-order valence-corrected chi connectivity index (χ0v) is 14.9. The summed E-state index contributed by atoms with van der Waals surface area (Å²) in [5, 5.41) is 6.97. The topological polar surface area (TPSA) is 79.2 Å². The van der Waals surface area contributed by atoms with Crippen molar-refractivity contribution in [2.24, 2.45) is 0 Å². The van der Waals surface area contributed by atoms with Crippen LogP contribution in [0.5, 0.6) is 0 Å². The van der Waals surface area contributed by atoms with Crippen molar-refractivity contribution in [2.75, 3.05) is 42.9 Å². The van der Waals surface area contributed by atoms with Crippen molar-refractivity contribution in [3.05, 3.63) is 30.6 Å². The fraction of sp³-hybridized carbons (Fsp3) is 0.529. The van der Waals surface area contributed by atoms with Crippen molar-refractivity contribution in [3.8, 4) is 0 Å². The van der Waals surface area contributed by atoms with Gasteiger partial charge in [-0.3, -0.25) is 14.4 Å². The highest BCUT2D eigenvalue weighted by atomic mass is 19.1. The van der Waals surface area contributed by atoms with Gasteiger partial charge >= 0.3 is 0 Å². The number of hydrogen-bond donors (Lipinski definition) is 1. The van der Waals surface area contributed by atoms with Crippen LogP contribution in [0.25, 0.3) is 0 Å². The van der Waals surface area contributed by atoms with Gasteiger partial charge in [0.25, 0.3) is 0 Å². The quantitative estimate of drug-likeness (QED) is 0.751. The van der Waals surface area contributed by atoms with Crippen molar-refractivity contribution in [2.45, 2.75) is 26.3 Å². The Bertz CT molecular complexity index is 710. The molecule has 1 amide bonds. The number of unbranched alkanes of at least 4 members (excludes halogenated alkanes) is 1. The van der Waals surface area contributed by atoms with Gasteiger partial charge in [-0.1, -0.05) is 0 Å². The molecule has 0 unspecified atom stereocenters. The molecule has 1 N–H and O–H groups in total. The van der Waals surface area contributed by atoms with Crippen LogP contribution in [-0.2, 0) is 11.3 Å². The zero-order valence-electron chi connectivity index (χ0n) is 14.9. The number of hydrogen-bond acceptors (Lipinski definition) is 6. The monoisotopic (exact) mass is 361 g/mol. The third kappa shape index (κ3) is 5.22. The number of piperazine rings is 1. The summed E-state index contributed by atoms with van der Waals surface area (Å²) in [6.07, 6.45) is 8.05. The second kappa shape index (κ2) is 8.70. The van der Waals surface area contributed by atoms with Crippen LogP contribution in [0.2, 0.25) is 0 Å². The van der Waals surface area contributed by atoms with Crippen LogP contribution in [0.3, 0.4) is 0 Å². The summed E-state index contributed by atoms with van der Waals surface area (Å²) in [6.45, 7) is 6.97. The molecule has 1 saturated heterocycles. The lowest BCUT2D eigenvalue weighted by molar-refractivity contribution is -0.114. The molecule has 8 nitrogen and oxygen atoms in total. The second-order valence-electron chi connectivity index (χ2n) is 6.41. The van der Waals surface area contributed by atoms with E-state index >= 15 is 0 Å². The summed E-state index contributed by atoms with van der Waals surface area (Å²) in [5.74, 6) is 0.100. The van der Waals surface area contributed by atoms with E-state index < -0.39 is 5.82 Å². The van der Waals surface area contributed by atoms with E-state index in [1.165, 1.54) is 19.3 Å². The lowest BCUT2D eigenvalue weighted by Crippen LogP contribution is -2.47. The third-order valence-corrected chi connectivity index (χ3v) is 4.33. The fourth-order valence-corrected chi connectivity index (χ4v) is 3.00. The number of amides is 1. The first-order valence-corrected chi connectivity index (χ1v) is 8.85. The molecule has 0 saturated carbocycles. The molecule has 26 heavy (non-hydrogen) atoms. The van der Waals surface area contributed by atoms with Crippen LogP contribution in [0.4, 0.5) is 16.0 Å².